The molecule has 0 unspecified atom stereocenters. The van der Waals surface area contributed by atoms with Gasteiger partial charge in [0.05, 0.1) is 20.3 Å². The van der Waals surface area contributed by atoms with E-state index in [0.717, 1.165) is 163 Å². The van der Waals surface area contributed by atoms with Crippen LogP contribution in [-0.4, -0.2) is 27.2 Å². The summed E-state index contributed by atoms with van der Waals surface area (Å²) in [6.45, 7) is 10.8. The van der Waals surface area contributed by atoms with Crippen LogP contribution in [0, 0.1) is 25.6 Å². The van der Waals surface area contributed by atoms with Crippen molar-refractivity contribution >= 4 is 90.4 Å². The second-order valence-electron chi connectivity index (χ2n) is 18.2. The minimum atomic E-state index is 0.00350. The monoisotopic (exact) mass is 1360 g/mol. The largest absolute Gasteiger partial charge is 0.456 e. The third-order valence-corrected chi connectivity index (χ3v) is 17.9. The van der Waals surface area contributed by atoms with Gasteiger partial charge in [0.25, 0.3) is 0 Å². The van der Waals surface area contributed by atoms with E-state index < -0.39 is 0 Å². The lowest BCUT2D eigenvalue weighted by molar-refractivity contribution is 0.0950. The lowest BCUT2D eigenvalue weighted by atomic mass is 9.76. The van der Waals surface area contributed by atoms with Gasteiger partial charge in [-0.25, -0.2) is 0 Å². The van der Waals surface area contributed by atoms with Crippen LogP contribution in [0.4, 0.5) is 0 Å². The van der Waals surface area contributed by atoms with Crippen molar-refractivity contribution in [2.75, 3.05) is 27.2 Å². The molecule has 0 saturated carbocycles. The number of hydrogen-bond acceptors (Lipinski definition) is 9. The lowest BCUT2D eigenvalue weighted by Crippen LogP contribution is -2.24. The van der Waals surface area contributed by atoms with Crippen molar-refractivity contribution < 1.29 is 37.9 Å². The zero-order valence-corrected chi connectivity index (χ0v) is 48.1. The van der Waals surface area contributed by atoms with E-state index in [2.05, 4.69) is 142 Å². The van der Waals surface area contributed by atoms with Crippen LogP contribution in [0.1, 0.15) is 206 Å². The average Bonchev–Trinajstić information content (AvgIpc) is 3.29. The van der Waals surface area contributed by atoms with Crippen LogP contribution in [0.5, 0.6) is 46.0 Å². The first kappa shape index (κ1) is 51.1. The maximum atomic E-state index is 7.32. The van der Waals surface area contributed by atoms with E-state index in [1.54, 1.807) is 6.07 Å². The normalized spacial score (nSPS) is 19.0. The molecular formula is C54H63I4NO8. The third-order valence-electron chi connectivity index (χ3n) is 14.0. The highest BCUT2D eigenvalue weighted by Crippen LogP contribution is 2.58. The summed E-state index contributed by atoms with van der Waals surface area (Å²) in [5.41, 5.74) is 9.65. The highest BCUT2D eigenvalue weighted by Gasteiger charge is 2.40. The van der Waals surface area contributed by atoms with E-state index in [1.807, 2.05) is 0 Å². The molecule has 0 N–H and O–H groups in total. The standard InChI is InChI=1S/C52H60I4O8.C2H3N/c1-5-9-13-17-29-33-21-35-30(18-14-10-6-2)37-23-39-32(20-16-12-8-4)40-24-38-31(19-15-11-7-3)36-22-34(29)46-42(54)48(36)60-27-62-50(38)44(56)52(40)64-28-63-51(39)43(55)49(37)61-26-59-47(35)41(53)45(33)57-25-58-46;1-2-3/h21-24,29-32H,5-20,25-28H2,1-4H3;1H3. The Bertz CT molecular complexity index is 2020. The second kappa shape index (κ2) is 23.7. The number of nitriles is 1. The van der Waals surface area contributed by atoms with Gasteiger partial charge < -0.3 is 37.9 Å². The molecule has 4 aromatic carbocycles. The van der Waals surface area contributed by atoms with Crippen molar-refractivity contribution in [1.29, 1.82) is 5.26 Å². The van der Waals surface area contributed by atoms with E-state index in [0.29, 0.717) is 0 Å². The zero-order chi connectivity index (χ0) is 47.2. The molecule has 0 radical (unpaired) electrons. The Morgan fingerprint density at radius 2 is 0.537 bits per heavy atom. The Labute approximate surface area is 452 Å². The van der Waals surface area contributed by atoms with Gasteiger partial charge in [-0.05, 0) is 140 Å². The van der Waals surface area contributed by atoms with Gasteiger partial charge in [-0.15, -0.1) is 0 Å². The molecule has 0 aromatic heterocycles. The maximum Gasteiger partial charge on any atom is 0.231 e. The number of nitrogens with zero attached hydrogens (tertiary/aromatic N) is 1. The van der Waals surface area contributed by atoms with Gasteiger partial charge in [0.15, 0.2) is 0 Å². The fourth-order valence-electron chi connectivity index (χ4n) is 10.8. The van der Waals surface area contributed by atoms with E-state index >= 15 is 0 Å². The van der Waals surface area contributed by atoms with Crippen LogP contribution < -0.4 is 37.9 Å². The van der Waals surface area contributed by atoms with Crippen LogP contribution in [0.2, 0.25) is 0 Å². The van der Waals surface area contributed by atoms with Gasteiger partial charge in [-0.2, -0.15) is 5.26 Å². The fraction of sp³-hybridized carbons (Fsp3) is 0.537. The number of halogens is 4. The molecule has 360 valence electrons. The van der Waals surface area contributed by atoms with E-state index in [1.165, 1.54) is 51.4 Å². The zero-order valence-electron chi connectivity index (χ0n) is 39.5. The van der Waals surface area contributed by atoms with Crippen LogP contribution in [0.25, 0.3) is 0 Å². The summed E-state index contributed by atoms with van der Waals surface area (Å²) in [7, 11) is 0. The van der Waals surface area contributed by atoms with E-state index in [-0.39, 0.29) is 50.8 Å². The van der Waals surface area contributed by atoms with Gasteiger partial charge in [-0.3, -0.25) is 0 Å². The average molecular weight is 1360 g/mol. The molecular weight excluding hydrogens is 1300 g/mol. The summed E-state index contributed by atoms with van der Waals surface area (Å²) in [5.74, 6) is 6.80. The fourth-order valence-corrected chi connectivity index (χ4v) is 14.5. The summed E-state index contributed by atoms with van der Waals surface area (Å²) in [5, 5.41) is 7.32. The Morgan fingerprint density at radius 1 is 0.373 bits per heavy atom. The molecule has 0 atom stereocenters. The van der Waals surface area contributed by atoms with Crippen molar-refractivity contribution in [2.24, 2.45) is 0 Å². The molecule has 1 aliphatic carbocycles. The first-order chi connectivity index (χ1) is 32.7. The minimum Gasteiger partial charge on any atom is -0.456 e. The summed E-state index contributed by atoms with van der Waals surface area (Å²) in [6, 6.07) is 11.6. The van der Waals surface area contributed by atoms with Gasteiger partial charge in [-0.1, -0.05) is 105 Å². The van der Waals surface area contributed by atoms with E-state index in [9.17, 15) is 0 Å². The summed E-state index contributed by atoms with van der Waals surface area (Å²) in [4.78, 5) is 0. The smallest absolute Gasteiger partial charge is 0.231 e. The van der Waals surface area contributed by atoms with Crippen molar-refractivity contribution in [2.45, 2.75) is 161 Å². The molecule has 4 aliphatic heterocycles. The molecule has 13 heteroatoms. The van der Waals surface area contributed by atoms with Crippen molar-refractivity contribution in [1.82, 2.24) is 0 Å². The van der Waals surface area contributed by atoms with Crippen molar-refractivity contribution in [3.05, 3.63) is 83.1 Å². The molecule has 9 nitrogen and oxygen atoms in total. The van der Waals surface area contributed by atoms with Crippen molar-refractivity contribution in [3.8, 4) is 52.1 Å². The predicted molar refractivity (Wildman–Crippen MR) is 296 cm³/mol. The van der Waals surface area contributed by atoms with Crippen LogP contribution >= 0.6 is 90.4 Å². The van der Waals surface area contributed by atoms with E-state index in [4.69, 9.17) is 43.2 Å². The van der Waals surface area contributed by atoms with Crippen LogP contribution in [-0.2, 0) is 0 Å². The Morgan fingerprint density at radius 3 is 0.687 bits per heavy atom. The van der Waals surface area contributed by atoms with Gasteiger partial charge in [0, 0.05) is 75.1 Å². The van der Waals surface area contributed by atoms with Crippen LogP contribution in [0.15, 0.2) is 24.3 Å². The minimum absolute atomic E-state index is 0.00350. The number of unbranched alkanes of at least 4 members (excludes halogenated alkanes) is 8. The molecule has 8 bridgehead atoms. The highest BCUT2D eigenvalue weighted by atomic mass is 127. The Kier molecular flexibility index (Phi) is 18.1. The summed E-state index contributed by atoms with van der Waals surface area (Å²) >= 11 is 9.95. The first-order valence-electron chi connectivity index (χ1n) is 24.5. The highest BCUT2D eigenvalue weighted by molar-refractivity contribution is 14.1. The topological polar surface area (TPSA) is 97.6 Å². The SMILES string of the molecule is CC#N.CCCCCC1c2cc3c4c(I)c2OCOc2c1cc1c(c2I)OCOc2c(cc5c(c2I)OCOc2c(cc(c(c2I)OCO4)C3CCCCC)C5CCCCC)C1CCCCC. The summed E-state index contributed by atoms with van der Waals surface area (Å²) in [6.07, 6.45) is 17.3. The third kappa shape index (κ3) is 10.3. The Hall–Kier alpha value is -2.31. The molecule has 5 aliphatic rings. The molecule has 67 heavy (non-hydrogen) atoms. The van der Waals surface area contributed by atoms with Crippen molar-refractivity contribution in [3.63, 3.8) is 0 Å². The molecule has 4 heterocycles. The number of rotatable bonds is 16. The Balaban J connectivity index is 0.00000198. The molecule has 0 saturated heterocycles. The predicted octanol–water partition coefficient (Wildman–Crippen LogP) is 16.7. The molecule has 4 aromatic rings. The molecule has 0 spiro atoms. The molecule has 0 fully saturated rings. The van der Waals surface area contributed by atoms with Gasteiger partial charge >= 0.3 is 0 Å². The summed E-state index contributed by atoms with van der Waals surface area (Å²) < 4.78 is 58.2. The first-order valence-corrected chi connectivity index (χ1v) is 28.8. The number of ether oxygens (including phenoxy) is 8. The number of hydrogen-bond donors (Lipinski definition) is 0. The quantitative estimate of drug-likeness (QED) is 0.0802. The molecule has 0 amide bonds. The lowest BCUT2D eigenvalue weighted by Gasteiger charge is -2.36. The maximum absolute atomic E-state index is 7.32. The number of benzene rings is 4. The second-order valence-corrected chi connectivity index (χ2v) is 22.5. The van der Waals surface area contributed by atoms with Gasteiger partial charge in [0.1, 0.15) is 46.0 Å². The molecule has 9 rings (SSSR count). The van der Waals surface area contributed by atoms with Crippen LogP contribution in [0.3, 0.4) is 0 Å². The van der Waals surface area contributed by atoms with Gasteiger partial charge in [0.2, 0.25) is 27.2 Å².